The molecular weight excluding hydrogens is 843 g/mol. The number of nitrogens with zero attached hydrogens (tertiary/aromatic N) is 4. The molecule has 2 aromatic rings. The second-order valence-corrected chi connectivity index (χ2v) is 19.7. The van der Waals surface area contributed by atoms with Crippen molar-refractivity contribution in [2.45, 2.75) is 149 Å². The van der Waals surface area contributed by atoms with E-state index < -0.39 is 64.6 Å². The first-order valence-electron chi connectivity index (χ1n) is 20.4. The van der Waals surface area contributed by atoms with Crippen molar-refractivity contribution in [2.75, 3.05) is 13.1 Å². The third-order valence-electron chi connectivity index (χ3n) is 8.77. The number of allylic oxidation sites excluding steroid dienone is 1. The first kappa shape index (κ1) is 49.2. The van der Waals surface area contributed by atoms with Gasteiger partial charge in [0.1, 0.15) is 38.2 Å². The summed E-state index contributed by atoms with van der Waals surface area (Å²) in [5.41, 5.74) is -2.10. The number of hydrogen-bond donors (Lipinski definition) is 5. The van der Waals surface area contributed by atoms with E-state index in [0.717, 1.165) is 0 Å². The number of ketones is 1. The minimum absolute atomic E-state index is 0.0694. The van der Waals surface area contributed by atoms with Crippen LogP contribution in [0.3, 0.4) is 0 Å². The minimum atomic E-state index is -1.13. The van der Waals surface area contributed by atoms with Crippen LogP contribution in [0, 0.1) is 0 Å². The Bertz CT molecular complexity index is 2050. The lowest BCUT2D eigenvalue weighted by Gasteiger charge is -2.28. The summed E-state index contributed by atoms with van der Waals surface area (Å²) in [7, 11) is 0. The fourth-order valence-corrected chi connectivity index (χ4v) is 7.39. The van der Waals surface area contributed by atoms with E-state index in [1.807, 2.05) is 6.92 Å². The van der Waals surface area contributed by atoms with Crippen molar-refractivity contribution in [3.05, 3.63) is 33.2 Å². The lowest BCUT2D eigenvalue weighted by Crippen LogP contribution is -2.44. The van der Waals surface area contributed by atoms with E-state index in [4.69, 9.17) is 14.2 Å². The van der Waals surface area contributed by atoms with Crippen molar-refractivity contribution >= 4 is 70.4 Å². The van der Waals surface area contributed by atoms with Gasteiger partial charge in [-0.1, -0.05) is 0 Å². The van der Waals surface area contributed by atoms with Gasteiger partial charge in [-0.05, 0) is 108 Å². The van der Waals surface area contributed by atoms with Crippen molar-refractivity contribution in [3.63, 3.8) is 0 Å². The van der Waals surface area contributed by atoms with Crippen LogP contribution in [0.1, 0.15) is 130 Å². The smallest absolute Gasteiger partial charge is 0.437 e. The van der Waals surface area contributed by atoms with Crippen molar-refractivity contribution in [2.24, 2.45) is 4.99 Å². The topological polar surface area (TPSA) is 249 Å². The monoisotopic (exact) mass is 901 g/mol. The summed E-state index contributed by atoms with van der Waals surface area (Å²) < 4.78 is 16.0. The number of carbonyl (C=O) groups excluding carboxylic acids is 7. The standard InChI is InChI=1S/C41H59N9O10S2/c1-24-13-14-25(50(24)37(57)60-40(8,9)10)19-30(53)49-41(15-16-41)28(51)20-29(52)44-21-31-45-27(23-61-31)33-46-26(22-62-33)32(54)42-17-11-12-18-43-34(47-35(55)58-38(2,3)4)48-36(56)59-39(5,6)7/h19,22-24H,11-18,20-21H2,1-10H3,(H,42,54)(H,44,52)(H,49,53)(H2,43,47,48,55,56)/b25-19-/t24-/m0/s1. The van der Waals surface area contributed by atoms with E-state index in [1.54, 1.807) is 73.1 Å². The Morgan fingerprint density at radius 1 is 0.855 bits per heavy atom. The number of unbranched alkanes of at least 4 members (excludes halogenated alkanes) is 1. The highest BCUT2D eigenvalue weighted by atomic mass is 32.1. The quantitative estimate of drug-likeness (QED) is 0.0381. The normalized spacial score (nSPS) is 16.9. The Morgan fingerprint density at radius 3 is 2.13 bits per heavy atom. The number of aliphatic imine (C=N–C) groups is 1. The van der Waals surface area contributed by atoms with Crippen LogP contribution in [-0.4, -0.2) is 104 Å². The molecule has 21 heteroatoms. The van der Waals surface area contributed by atoms with Gasteiger partial charge in [0.25, 0.3) is 5.91 Å². The number of carbonyl (C=O) groups is 7. The lowest BCUT2D eigenvalue weighted by atomic mass is 10.1. The second kappa shape index (κ2) is 20.6. The van der Waals surface area contributed by atoms with E-state index in [-0.39, 0.29) is 30.1 Å². The number of Topliss-reactive ketones (excluding diaryl/α,β-unsaturated/α-hetero) is 1. The van der Waals surface area contributed by atoms with Gasteiger partial charge in [-0.15, -0.1) is 27.7 Å². The molecule has 0 aromatic carbocycles. The molecule has 0 spiro atoms. The summed E-state index contributed by atoms with van der Waals surface area (Å²) in [5, 5.41) is 18.1. The summed E-state index contributed by atoms with van der Waals surface area (Å²) in [6.07, 6.45) is 1.80. The molecule has 1 aliphatic heterocycles. The summed E-state index contributed by atoms with van der Waals surface area (Å²) in [6.45, 7) is 18.1. The highest BCUT2D eigenvalue weighted by molar-refractivity contribution is 7.14. The molecule has 4 rings (SSSR count). The summed E-state index contributed by atoms with van der Waals surface area (Å²) >= 11 is 2.53. The Morgan fingerprint density at radius 2 is 1.50 bits per heavy atom. The molecule has 0 bridgehead atoms. The SMILES string of the molecule is C[C@H]1CC/C(=C/C(=O)NC2(C(=O)CC(=O)NCc3nc(-c4nc(C(=O)NCCCCN/C(=N/C(=O)OC(C)(C)C)NC(=O)OC(C)(C)C)cs4)cs3)CC2)N1C(=O)OC(C)(C)C. The number of alkyl carbamates (subject to hydrolysis) is 1. The van der Waals surface area contributed by atoms with E-state index in [1.165, 1.54) is 33.6 Å². The third kappa shape index (κ3) is 16.1. The Balaban J connectivity index is 1.19. The number of rotatable bonds is 14. The second-order valence-electron chi connectivity index (χ2n) is 17.9. The maximum absolute atomic E-state index is 13.1. The molecule has 0 unspecified atom stereocenters. The van der Waals surface area contributed by atoms with E-state index in [9.17, 15) is 33.6 Å². The van der Waals surface area contributed by atoms with Gasteiger partial charge in [0, 0.05) is 41.7 Å². The molecule has 2 fully saturated rings. The first-order chi connectivity index (χ1) is 28.8. The molecule has 3 heterocycles. The summed E-state index contributed by atoms with van der Waals surface area (Å²) in [5.74, 6) is -1.92. The molecule has 2 aromatic heterocycles. The number of aromatic nitrogens is 2. The average Bonchev–Trinajstić information content (AvgIpc) is 3.42. The number of ether oxygens (including phenoxy) is 3. The van der Waals surface area contributed by atoms with Crippen LogP contribution in [0.25, 0.3) is 10.7 Å². The maximum atomic E-state index is 13.1. The van der Waals surface area contributed by atoms with Crippen molar-refractivity contribution in [1.82, 2.24) is 41.5 Å². The molecule has 1 saturated carbocycles. The third-order valence-corrected chi connectivity index (χ3v) is 10.5. The predicted octanol–water partition coefficient (Wildman–Crippen LogP) is 5.71. The van der Waals surface area contributed by atoms with E-state index in [0.29, 0.717) is 73.0 Å². The number of hydrogen-bond acceptors (Lipinski definition) is 14. The average molecular weight is 902 g/mol. The number of thiazole rings is 2. The number of likely N-dealkylation sites (tertiary alicyclic amines) is 1. The summed E-state index contributed by atoms with van der Waals surface area (Å²) in [4.78, 5) is 103. The zero-order chi connectivity index (χ0) is 46.0. The van der Waals surface area contributed by atoms with Crippen LogP contribution in [0.4, 0.5) is 14.4 Å². The zero-order valence-corrected chi connectivity index (χ0v) is 38.7. The zero-order valence-electron chi connectivity index (χ0n) is 37.1. The fourth-order valence-electron chi connectivity index (χ4n) is 5.84. The highest BCUT2D eigenvalue weighted by Crippen LogP contribution is 2.38. The van der Waals surface area contributed by atoms with Gasteiger partial charge in [0.2, 0.25) is 17.8 Å². The van der Waals surface area contributed by atoms with Crippen LogP contribution in [0.15, 0.2) is 27.5 Å². The molecule has 340 valence electrons. The van der Waals surface area contributed by atoms with Gasteiger partial charge < -0.3 is 35.5 Å². The number of amides is 6. The predicted molar refractivity (Wildman–Crippen MR) is 232 cm³/mol. The summed E-state index contributed by atoms with van der Waals surface area (Å²) in [6, 6.07) is -0.141. The largest absolute Gasteiger partial charge is 0.444 e. The Kier molecular flexibility index (Phi) is 16.4. The van der Waals surface area contributed by atoms with Crippen molar-refractivity contribution in [1.29, 1.82) is 0 Å². The Labute approximate surface area is 369 Å². The van der Waals surface area contributed by atoms with Gasteiger partial charge in [-0.2, -0.15) is 0 Å². The van der Waals surface area contributed by atoms with Gasteiger partial charge in [0.05, 0.1) is 18.5 Å². The molecule has 5 N–H and O–H groups in total. The maximum Gasteiger partial charge on any atom is 0.437 e. The number of guanidine groups is 1. The van der Waals surface area contributed by atoms with Crippen LogP contribution in [0.2, 0.25) is 0 Å². The van der Waals surface area contributed by atoms with E-state index >= 15 is 0 Å². The molecule has 1 atom stereocenters. The Hall–Kier alpha value is -5.44. The van der Waals surface area contributed by atoms with Gasteiger partial charge in [0.15, 0.2) is 5.78 Å². The van der Waals surface area contributed by atoms with Crippen LogP contribution < -0.4 is 26.6 Å². The lowest BCUT2D eigenvalue weighted by molar-refractivity contribution is -0.132. The highest BCUT2D eigenvalue weighted by Gasteiger charge is 2.51. The molecule has 1 aliphatic carbocycles. The first-order valence-corrected chi connectivity index (χ1v) is 22.2. The number of nitrogens with one attached hydrogen (secondary N) is 5. The van der Waals surface area contributed by atoms with Crippen LogP contribution >= 0.6 is 22.7 Å². The molecule has 62 heavy (non-hydrogen) atoms. The van der Waals surface area contributed by atoms with Crippen molar-refractivity contribution < 1.29 is 47.8 Å². The van der Waals surface area contributed by atoms with Crippen LogP contribution in [0.5, 0.6) is 0 Å². The molecule has 6 amide bonds. The minimum Gasteiger partial charge on any atom is -0.444 e. The van der Waals surface area contributed by atoms with Gasteiger partial charge in [-0.3, -0.25) is 29.4 Å². The molecule has 2 aliphatic rings. The molecular formula is C41H59N9O10S2. The molecule has 1 saturated heterocycles. The van der Waals surface area contributed by atoms with Gasteiger partial charge >= 0.3 is 18.3 Å². The van der Waals surface area contributed by atoms with E-state index in [2.05, 4.69) is 41.5 Å². The molecule has 19 nitrogen and oxygen atoms in total. The molecule has 0 radical (unpaired) electrons. The van der Waals surface area contributed by atoms with Crippen molar-refractivity contribution in [3.8, 4) is 10.7 Å². The fraction of sp³-hybridized carbons (Fsp3) is 0.610. The van der Waals surface area contributed by atoms with Gasteiger partial charge in [-0.25, -0.2) is 24.4 Å². The van der Waals surface area contributed by atoms with Crippen LogP contribution in [-0.2, 0) is 35.1 Å².